The molecule has 0 radical (unpaired) electrons. The minimum atomic E-state index is -0.193. The highest BCUT2D eigenvalue weighted by atomic mass is 79.9. The summed E-state index contributed by atoms with van der Waals surface area (Å²) < 4.78 is 11.5. The fraction of sp³-hybridized carbons (Fsp3) is 0.267. The van der Waals surface area contributed by atoms with Crippen LogP contribution in [-0.4, -0.2) is 19.2 Å². The molecular weight excluding hydrogens is 320 g/mol. The molecule has 2 rings (SSSR count). The maximum Gasteiger partial charge on any atom is 0.141 e. The van der Waals surface area contributed by atoms with Crippen molar-refractivity contribution >= 4 is 15.9 Å². The summed E-state index contributed by atoms with van der Waals surface area (Å²) in [6.45, 7) is 0. The zero-order valence-electron chi connectivity index (χ0n) is 11.5. The molecule has 2 aromatic rings. The maximum absolute atomic E-state index is 6.28. The summed E-state index contributed by atoms with van der Waals surface area (Å²) in [7, 11) is 3.24. The number of nitrogens with zero attached hydrogens (tertiary/aromatic N) is 1. The molecule has 1 heterocycles. The first-order chi connectivity index (χ1) is 9.67. The molecule has 4 nitrogen and oxygen atoms in total. The summed E-state index contributed by atoms with van der Waals surface area (Å²) in [5.74, 6) is 1.42. The van der Waals surface area contributed by atoms with E-state index in [-0.39, 0.29) is 6.04 Å². The third kappa shape index (κ3) is 3.11. The number of methoxy groups -OCH3 is 2. The number of nitrogens with two attached hydrogens (primary N) is 1. The topological polar surface area (TPSA) is 57.4 Å². The Morgan fingerprint density at radius 2 is 2.00 bits per heavy atom. The van der Waals surface area contributed by atoms with Crippen LogP contribution < -0.4 is 15.2 Å². The van der Waals surface area contributed by atoms with Gasteiger partial charge in [-0.15, -0.1) is 0 Å². The van der Waals surface area contributed by atoms with Gasteiger partial charge in [-0.25, -0.2) is 0 Å². The van der Waals surface area contributed by atoms with Crippen molar-refractivity contribution in [2.45, 2.75) is 12.5 Å². The van der Waals surface area contributed by atoms with Gasteiger partial charge in [0.2, 0.25) is 0 Å². The number of rotatable bonds is 5. The molecular formula is C15H17BrN2O2. The third-order valence-corrected chi connectivity index (χ3v) is 3.82. The largest absolute Gasteiger partial charge is 0.495 e. The lowest BCUT2D eigenvalue weighted by Crippen LogP contribution is -2.15. The molecule has 0 aliphatic heterocycles. The van der Waals surface area contributed by atoms with Crippen molar-refractivity contribution in [3.63, 3.8) is 0 Å². The van der Waals surface area contributed by atoms with Crippen molar-refractivity contribution < 1.29 is 9.47 Å². The molecule has 1 aromatic carbocycles. The van der Waals surface area contributed by atoms with Gasteiger partial charge in [0, 0.05) is 29.9 Å². The van der Waals surface area contributed by atoms with E-state index in [1.807, 2.05) is 30.3 Å². The smallest absolute Gasteiger partial charge is 0.141 e. The fourth-order valence-corrected chi connectivity index (χ4v) is 2.75. The lowest BCUT2D eigenvalue weighted by molar-refractivity contribution is 0.383. The Kier molecular flexibility index (Phi) is 4.98. The van der Waals surface area contributed by atoms with Crippen LogP contribution >= 0.6 is 15.9 Å². The molecule has 2 N–H and O–H groups in total. The van der Waals surface area contributed by atoms with Gasteiger partial charge in [-0.1, -0.05) is 6.07 Å². The van der Waals surface area contributed by atoms with Crippen LogP contribution in [0, 0.1) is 0 Å². The van der Waals surface area contributed by atoms with Gasteiger partial charge in [0.05, 0.1) is 14.2 Å². The van der Waals surface area contributed by atoms with E-state index in [4.69, 9.17) is 15.2 Å². The number of ether oxygens (including phenoxy) is 2. The van der Waals surface area contributed by atoms with Crippen LogP contribution in [-0.2, 0) is 6.42 Å². The highest BCUT2D eigenvalue weighted by molar-refractivity contribution is 9.10. The Labute approximate surface area is 127 Å². The molecule has 0 spiro atoms. The van der Waals surface area contributed by atoms with Gasteiger partial charge < -0.3 is 15.2 Å². The molecule has 0 saturated heterocycles. The Morgan fingerprint density at radius 1 is 1.20 bits per heavy atom. The minimum Gasteiger partial charge on any atom is -0.495 e. The van der Waals surface area contributed by atoms with Crippen molar-refractivity contribution in [3.05, 3.63) is 52.3 Å². The van der Waals surface area contributed by atoms with E-state index < -0.39 is 0 Å². The van der Waals surface area contributed by atoms with Gasteiger partial charge in [0.15, 0.2) is 0 Å². The summed E-state index contributed by atoms with van der Waals surface area (Å²) in [6, 6.07) is 9.42. The second-order valence-corrected chi connectivity index (χ2v) is 5.13. The first kappa shape index (κ1) is 14.8. The second kappa shape index (κ2) is 6.72. The Balaban J connectivity index is 2.30. The van der Waals surface area contributed by atoms with Crippen LogP contribution in [0.3, 0.4) is 0 Å². The molecule has 0 saturated carbocycles. The third-order valence-electron chi connectivity index (χ3n) is 3.07. The molecule has 1 atom stereocenters. The van der Waals surface area contributed by atoms with E-state index in [1.165, 1.54) is 0 Å². The molecule has 1 unspecified atom stereocenters. The van der Waals surface area contributed by atoms with Crippen molar-refractivity contribution in [1.29, 1.82) is 0 Å². The van der Waals surface area contributed by atoms with Crippen LogP contribution in [0.1, 0.15) is 17.3 Å². The molecule has 0 bridgehead atoms. The Hall–Kier alpha value is -1.59. The van der Waals surface area contributed by atoms with Crippen LogP contribution in [0.5, 0.6) is 11.5 Å². The lowest BCUT2D eigenvalue weighted by atomic mass is 10.0. The van der Waals surface area contributed by atoms with Gasteiger partial charge in [0.1, 0.15) is 16.0 Å². The summed E-state index contributed by atoms with van der Waals surface area (Å²) in [4.78, 5) is 4.30. The Morgan fingerprint density at radius 3 is 2.60 bits per heavy atom. The fourth-order valence-electron chi connectivity index (χ4n) is 2.06. The molecule has 20 heavy (non-hydrogen) atoms. The molecule has 0 aliphatic rings. The number of hydrogen-bond donors (Lipinski definition) is 1. The van der Waals surface area contributed by atoms with E-state index >= 15 is 0 Å². The van der Waals surface area contributed by atoms with Crippen molar-refractivity contribution in [1.82, 2.24) is 4.98 Å². The number of hydrogen-bond acceptors (Lipinski definition) is 4. The molecule has 106 valence electrons. The zero-order valence-corrected chi connectivity index (χ0v) is 13.1. The highest BCUT2D eigenvalue weighted by Gasteiger charge is 2.18. The first-order valence-electron chi connectivity index (χ1n) is 6.23. The summed E-state index contributed by atoms with van der Waals surface area (Å²) in [5.41, 5.74) is 8.16. The SMILES string of the molecule is COc1ccc(C(N)Cc2ccccn2)c(OC)c1Br. The number of benzene rings is 1. The lowest BCUT2D eigenvalue weighted by Gasteiger charge is -2.18. The van der Waals surface area contributed by atoms with E-state index in [2.05, 4.69) is 20.9 Å². The van der Waals surface area contributed by atoms with Crippen molar-refractivity contribution in [2.24, 2.45) is 5.73 Å². The second-order valence-electron chi connectivity index (χ2n) is 4.34. The summed E-state index contributed by atoms with van der Waals surface area (Å²) in [6.07, 6.45) is 2.42. The van der Waals surface area contributed by atoms with Gasteiger partial charge in [-0.3, -0.25) is 4.98 Å². The van der Waals surface area contributed by atoms with E-state index in [0.29, 0.717) is 12.2 Å². The van der Waals surface area contributed by atoms with Crippen molar-refractivity contribution in [3.8, 4) is 11.5 Å². The number of pyridine rings is 1. The van der Waals surface area contributed by atoms with Gasteiger partial charge >= 0.3 is 0 Å². The number of halogens is 1. The normalized spacial score (nSPS) is 12.0. The minimum absolute atomic E-state index is 0.193. The predicted molar refractivity (Wildman–Crippen MR) is 82.1 cm³/mol. The zero-order chi connectivity index (χ0) is 14.5. The summed E-state index contributed by atoms with van der Waals surface area (Å²) >= 11 is 3.49. The van der Waals surface area contributed by atoms with E-state index in [9.17, 15) is 0 Å². The molecule has 0 aliphatic carbocycles. The predicted octanol–water partition coefficient (Wildman–Crippen LogP) is 3.10. The van der Waals surface area contributed by atoms with Gasteiger partial charge in [-0.2, -0.15) is 0 Å². The monoisotopic (exact) mass is 336 g/mol. The average molecular weight is 337 g/mol. The molecule has 1 aromatic heterocycles. The van der Waals surface area contributed by atoms with Crippen LogP contribution in [0.15, 0.2) is 41.0 Å². The molecule has 0 amide bonds. The molecule has 5 heteroatoms. The quantitative estimate of drug-likeness (QED) is 0.911. The molecule has 0 fully saturated rings. The van der Waals surface area contributed by atoms with Gasteiger partial charge in [0.25, 0.3) is 0 Å². The van der Waals surface area contributed by atoms with Gasteiger partial charge in [-0.05, 0) is 40.2 Å². The average Bonchev–Trinajstić information content (AvgIpc) is 2.47. The summed E-state index contributed by atoms with van der Waals surface area (Å²) in [5, 5.41) is 0. The standard InChI is InChI=1S/C15H17BrN2O2/c1-19-13-7-6-11(15(20-2)14(13)16)12(17)9-10-5-3-4-8-18-10/h3-8,12H,9,17H2,1-2H3. The van der Waals surface area contributed by atoms with Crippen LogP contribution in [0.2, 0.25) is 0 Å². The van der Waals surface area contributed by atoms with E-state index in [1.54, 1.807) is 20.4 Å². The van der Waals surface area contributed by atoms with Crippen LogP contribution in [0.25, 0.3) is 0 Å². The van der Waals surface area contributed by atoms with Crippen LogP contribution in [0.4, 0.5) is 0 Å². The van der Waals surface area contributed by atoms with Crippen molar-refractivity contribution in [2.75, 3.05) is 14.2 Å². The highest BCUT2D eigenvalue weighted by Crippen LogP contribution is 2.39. The first-order valence-corrected chi connectivity index (χ1v) is 7.02. The van der Waals surface area contributed by atoms with E-state index in [0.717, 1.165) is 21.5 Å². The Bertz CT molecular complexity index is 576. The maximum atomic E-state index is 6.28. The number of aromatic nitrogens is 1.